The molecule has 2 rings (SSSR count). The number of aromatic nitrogens is 3. The van der Waals surface area contributed by atoms with Crippen molar-refractivity contribution in [1.82, 2.24) is 14.8 Å². The fourth-order valence-electron chi connectivity index (χ4n) is 1.60. The summed E-state index contributed by atoms with van der Waals surface area (Å²) >= 11 is 5.89. The standard InChI is InChI=1S/C11H14ClN3O2/c1-2-17-11-8-7-15(4-3-5-16)14-9(8)6-10(12)13-11/h6-7,16H,2-5H2,1H3. The lowest BCUT2D eigenvalue weighted by atomic mass is 10.3. The highest BCUT2D eigenvalue weighted by Gasteiger charge is 2.10. The highest BCUT2D eigenvalue weighted by molar-refractivity contribution is 6.30. The Hall–Kier alpha value is -1.33. The fourth-order valence-corrected chi connectivity index (χ4v) is 1.78. The summed E-state index contributed by atoms with van der Waals surface area (Å²) in [6.07, 6.45) is 2.53. The number of nitrogens with zero attached hydrogens (tertiary/aromatic N) is 3. The Morgan fingerprint density at radius 1 is 1.53 bits per heavy atom. The van der Waals surface area contributed by atoms with Crippen molar-refractivity contribution in [3.05, 3.63) is 17.4 Å². The molecule has 2 heterocycles. The molecule has 0 aliphatic carbocycles. The first-order valence-corrected chi connectivity index (χ1v) is 5.89. The number of aliphatic hydroxyl groups excluding tert-OH is 1. The van der Waals surface area contributed by atoms with E-state index in [9.17, 15) is 0 Å². The minimum atomic E-state index is 0.146. The number of aryl methyl sites for hydroxylation is 1. The minimum absolute atomic E-state index is 0.146. The number of aliphatic hydroxyl groups is 1. The maximum absolute atomic E-state index is 8.79. The summed E-state index contributed by atoms with van der Waals surface area (Å²) < 4.78 is 7.18. The summed E-state index contributed by atoms with van der Waals surface area (Å²) in [5, 5.41) is 14.4. The zero-order valence-corrected chi connectivity index (χ0v) is 10.3. The molecule has 0 saturated carbocycles. The average Bonchev–Trinajstić information content (AvgIpc) is 2.69. The van der Waals surface area contributed by atoms with E-state index in [4.69, 9.17) is 21.4 Å². The van der Waals surface area contributed by atoms with Crippen molar-refractivity contribution >= 4 is 22.5 Å². The van der Waals surface area contributed by atoms with E-state index in [1.165, 1.54) is 0 Å². The molecule has 0 aliphatic heterocycles. The lowest BCUT2D eigenvalue weighted by Gasteiger charge is -2.02. The maximum atomic E-state index is 8.79. The quantitative estimate of drug-likeness (QED) is 0.829. The molecule has 6 heteroatoms. The maximum Gasteiger partial charge on any atom is 0.226 e. The van der Waals surface area contributed by atoms with Gasteiger partial charge in [0.25, 0.3) is 0 Å². The molecule has 2 aromatic rings. The molecule has 0 bridgehead atoms. The van der Waals surface area contributed by atoms with Gasteiger partial charge in [0.05, 0.1) is 12.0 Å². The van der Waals surface area contributed by atoms with E-state index in [1.54, 1.807) is 10.7 Å². The molecule has 0 atom stereocenters. The second kappa shape index (κ2) is 5.33. The molecule has 0 spiro atoms. The molecule has 0 aliphatic rings. The van der Waals surface area contributed by atoms with Crippen molar-refractivity contribution < 1.29 is 9.84 Å². The summed E-state index contributed by atoms with van der Waals surface area (Å²) in [6, 6.07) is 1.70. The van der Waals surface area contributed by atoms with Gasteiger partial charge in [-0.25, -0.2) is 4.98 Å². The fraction of sp³-hybridized carbons (Fsp3) is 0.455. The molecule has 0 saturated heterocycles. The average molecular weight is 256 g/mol. The van der Waals surface area contributed by atoms with Crippen LogP contribution in [0.1, 0.15) is 13.3 Å². The Balaban J connectivity index is 2.40. The lowest BCUT2D eigenvalue weighted by molar-refractivity contribution is 0.277. The van der Waals surface area contributed by atoms with Crippen LogP contribution in [0.25, 0.3) is 10.9 Å². The zero-order chi connectivity index (χ0) is 12.3. The Morgan fingerprint density at radius 3 is 3.06 bits per heavy atom. The Morgan fingerprint density at radius 2 is 2.35 bits per heavy atom. The number of hydrogen-bond donors (Lipinski definition) is 1. The van der Waals surface area contributed by atoms with Crippen LogP contribution in [0.15, 0.2) is 12.3 Å². The first kappa shape index (κ1) is 12.1. The van der Waals surface area contributed by atoms with E-state index in [1.807, 2.05) is 13.1 Å². The topological polar surface area (TPSA) is 60.2 Å². The van der Waals surface area contributed by atoms with E-state index in [0.29, 0.717) is 30.6 Å². The highest BCUT2D eigenvalue weighted by Crippen LogP contribution is 2.25. The molecule has 92 valence electrons. The number of rotatable bonds is 5. The molecule has 2 aromatic heterocycles. The molecule has 17 heavy (non-hydrogen) atoms. The van der Waals surface area contributed by atoms with Gasteiger partial charge < -0.3 is 9.84 Å². The predicted molar refractivity (Wildman–Crippen MR) is 65.4 cm³/mol. The molecule has 0 unspecified atom stereocenters. The van der Waals surface area contributed by atoms with Crippen LogP contribution < -0.4 is 4.74 Å². The number of fused-ring (bicyclic) bond motifs is 1. The summed E-state index contributed by atoms with van der Waals surface area (Å²) in [4.78, 5) is 4.13. The van der Waals surface area contributed by atoms with Gasteiger partial charge in [-0.05, 0) is 13.3 Å². The van der Waals surface area contributed by atoms with Crippen molar-refractivity contribution in [3.63, 3.8) is 0 Å². The predicted octanol–water partition coefficient (Wildman–Crippen LogP) is 1.87. The molecule has 0 aromatic carbocycles. The van der Waals surface area contributed by atoms with Crippen molar-refractivity contribution in [2.45, 2.75) is 19.9 Å². The van der Waals surface area contributed by atoms with Crippen LogP contribution in [-0.4, -0.2) is 33.1 Å². The van der Waals surface area contributed by atoms with E-state index in [-0.39, 0.29) is 6.61 Å². The summed E-state index contributed by atoms with van der Waals surface area (Å²) in [5.41, 5.74) is 0.756. The molecule has 0 fully saturated rings. The van der Waals surface area contributed by atoms with E-state index in [2.05, 4.69) is 10.1 Å². The van der Waals surface area contributed by atoms with Gasteiger partial charge in [0.15, 0.2) is 0 Å². The zero-order valence-electron chi connectivity index (χ0n) is 9.56. The second-order valence-electron chi connectivity index (χ2n) is 3.59. The number of ether oxygens (including phenoxy) is 1. The van der Waals surface area contributed by atoms with E-state index in [0.717, 1.165) is 10.9 Å². The first-order chi connectivity index (χ1) is 8.24. The largest absolute Gasteiger partial charge is 0.477 e. The summed E-state index contributed by atoms with van der Waals surface area (Å²) in [5.74, 6) is 0.505. The second-order valence-corrected chi connectivity index (χ2v) is 3.97. The Bertz CT molecular complexity index is 513. The van der Waals surface area contributed by atoms with Gasteiger partial charge in [-0.3, -0.25) is 4.68 Å². The monoisotopic (exact) mass is 255 g/mol. The van der Waals surface area contributed by atoms with Gasteiger partial charge in [0, 0.05) is 25.4 Å². The molecule has 0 radical (unpaired) electrons. The van der Waals surface area contributed by atoms with Gasteiger partial charge in [-0.2, -0.15) is 5.10 Å². The third kappa shape index (κ3) is 2.68. The molecular formula is C11H14ClN3O2. The summed E-state index contributed by atoms with van der Waals surface area (Å²) in [7, 11) is 0. The van der Waals surface area contributed by atoms with E-state index < -0.39 is 0 Å². The van der Waals surface area contributed by atoms with Crippen molar-refractivity contribution in [2.24, 2.45) is 0 Å². The van der Waals surface area contributed by atoms with Gasteiger partial charge in [-0.1, -0.05) is 11.6 Å². The summed E-state index contributed by atoms with van der Waals surface area (Å²) in [6.45, 7) is 3.23. The van der Waals surface area contributed by atoms with Gasteiger partial charge >= 0.3 is 0 Å². The van der Waals surface area contributed by atoms with Crippen LogP contribution >= 0.6 is 11.6 Å². The SMILES string of the molecule is CCOc1nc(Cl)cc2nn(CCCO)cc12. The number of hydrogen-bond acceptors (Lipinski definition) is 4. The van der Waals surface area contributed by atoms with Crippen LogP contribution in [0.3, 0.4) is 0 Å². The van der Waals surface area contributed by atoms with Crippen molar-refractivity contribution in [3.8, 4) is 5.88 Å². The molecule has 5 nitrogen and oxygen atoms in total. The third-order valence-corrected chi connectivity index (χ3v) is 2.50. The Kier molecular flexibility index (Phi) is 3.81. The molecule has 0 amide bonds. The normalized spacial score (nSPS) is 11.0. The van der Waals surface area contributed by atoms with Crippen LogP contribution in [0.4, 0.5) is 0 Å². The third-order valence-electron chi connectivity index (χ3n) is 2.31. The van der Waals surface area contributed by atoms with Crippen molar-refractivity contribution in [2.75, 3.05) is 13.2 Å². The minimum Gasteiger partial charge on any atom is -0.477 e. The smallest absolute Gasteiger partial charge is 0.226 e. The van der Waals surface area contributed by atoms with Crippen LogP contribution in [-0.2, 0) is 6.54 Å². The van der Waals surface area contributed by atoms with Crippen LogP contribution in [0, 0.1) is 0 Å². The highest BCUT2D eigenvalue weighted by atomic mass is 35.5. The van der Waals surface area contributed by atoms with Crippen molar-refractivity contribution in [1.29, 1.82) is 0 Å². The molecule has 1 N–H and O–H groups in total. The van der Waals surface area contributed by atoms with Gasteiger partial charge in [0.1, 0.15) is 10.7 Å². The van der Waals surface area contributed by atoms with Gasteiger partial charge in [0.2, 0.25) is 5.88 Å². The molecular weight excluding hydrogens is 242 g/mol. The Labute approximate surface area is 104 Å². The first-order valence-electron chi connectivity index (χ1n) is 5.52. The van der Waals surface area contributed by atoms with E-state index >= 15 is 0 Å². The lowest BCUT2D eigenvalue weighted by Crippen LogP contribution is -1.99. The van der Waals surface area contributed by atoms with Crippen LogP contribution in [0.2, 0.25) is 5.15 Å². The number of pyridine rings is 1. The number of halogens is 1. The van der Waals surface area contributed by atoms with Gasteiger partial charge in [-0.15, -0.1) is 0 Å². The van der Waals surface area contributed by atoms with Crippen LogP contribution in [0.5, 0.6) is 5.88 Å².